The van der Waals surface area contributed by atoms with Crippen molar-refractivity contribution in [2.24, 2.45) is 5.92 Å². The predicted molar refractivity (Wildman–Crippen MR) is 156 cm³/mol. The Morgan fingerprint density at radius 3 is 2.57 bits per heavy atom. The molecule has 0 bridgehead atoms. The maximum Gasteiger partial charge on any atom is 0.416 e. The molecule has 4 aromatic rings. The third kappa shape index (κ3) is 6.97. The molecule has 0 spiro atoms. The minimum Gasteiger partial charge on any atom is -0.382 e. The van der Waals surface area contributed by atoms with Gasteiger partial charge in [0, 0.05) is 42.5 Å². The van der Waals surface area contributed by atoms with Gasteiger partial charge in [0.05, 0.1) is 17.2 Å². The lowest BCUT2D eigenvalue weighted by atomic mass is 9.98. The van der Waals surface area contributed by atoms with Crippen molar-refractivity contribution < 1.29 is 31.2 Å². The standard InChI is InChI=1S/C28H29F3N8O4S/c1-44(42,43)15-20(36-27(41)18-3-2-9-33-14-18)25-38-22(23-24(32)35-11-12-39(23)25)16-4-6-17(7-5-16)26(40)37-21-13-19(8-10-34-21)28(29,30)31/h4-8,10-13,18,20,33H,2-3,9,14-15H2,1H3,(H2,32,35)(H,36,41)(H,34,37,40). The van der Waals surface area contributed by atoms with E-state index in [1.165, 1.54) is 18.3 Å². The first kappa shape index (κ1) is 30.9. The molecule has 12 nitrogen and oxygen atoms in total. The van der Waals surface area contributed by atoms with Crippen molar-refractivity contribution in [2.75, 3.05) is 36.1 Å². The highest BCUT2D eigenvalue weighted by Crippen LogP contribution is 2.32. The van der Waals surface area contributed by atoms with Crippen LogP contribution in [-0.4, -0.2) is 64.7 Å². The lowest BCUT2D eigenvalue weighted by Gasteiger charge is -2.25. The number of piperidine rings is 1. The van der Waals surface area contributed by atoms with Crippen molar-refractivity contribution in [1.82, 2.24) is 30.0 Å². The van der Waals surface area contributed by atoms with Gasteiger partial charge in [0.15, 0.2) is 0 Å². The molecule has 232 valence electrons. The molecule has 1 aliphatic heterocycles. The maximum absolute atomic E-state index is 13.1. The zero-order valence-corrected chi connectivity index (χ0v) is 24.2. The van der Waals surface area contributed by atoms with Crippen LogP contribution in [0.1, 0.15) is 40.6 Å². The van der Waals surface area contributed by atoms with Crippen LogP contribution in [0.25, 0.3) is 16.8 Å². The summed E-state index contributed by atoms with van der Waals surface area (Å²) in [5, 5.41) is 8.39. The first-order valence-electron chi connectivity index (χ1n) is 13.6. The fraction of sp³-hybridized carbons (Fsp3) is 0.321. The van der Waals surface area contributed by atoms with E-state index in [4.69, 9.17) is 10.7 Å². The number of alkyl halides is 3. The van der Waals surface area contributed by atoms with Gasteiger partial charge in [-0.05, 0) is 43.7 Å². The Balaban J connectivity index is 1.46. The van der Waals surface area contributed by atoms with Crippen LogP contribution in [-0.2, 0) is 20.8 Å². The lowest BCUT2D eigenvalue weighted by Crippen LogP contribution is -2.43. The van der Waals surface area contributed by atoms with Crippen molar-refractivity contribution >= 4 is 38.8 Å². The molecule has 2 unspecified atom stereocenters. The lowest BCUT2D eigenvalue weighted by molar-refractivity contribution is -0.137. The molecular weight excluding hydrogens is 601 g/mol. The summed E-state index contributed by atoms with van der Waals surface area (Å²) in [7, 11) is -3.58. The number of rotatable bonds is 8. The molecule has 1 aromatic carbocycles. The van der Waals surface area contributed by atoms with Gasteiger partial charge in [0.2, 0.25) is 5.91 Å². The summed E-state index contributed by atoms with van der Waals surface area (Å²) in [6, 6.07) is 6.54. The minimum absolute atomic E-state index is 0.0969. The average Bonchev–Trinajstić information content (AvgIpc) is 3.37. The van der Waals surface area contributed by atoms with Crippen molar-refractivity contribution in [3.8, 4) is 11.3 Å². The Kier molecular flexibility index (Phi) is 8.56. The van der Waals surface area contributed by atoms with E-state index in [-0.39, 0.29) is 34.8 Å². The van der Waals surface area contributed by atoms with E-state index in [1.807, 2.05) is 0 Å². The molecule has 16 heteroatoms. The number of benzene rings is 1. The number of nitrogens with one attached hydrogen (secondary N) is 3. The van der Waals surface area contributed by atoms with Gasteiger partial charge in [-0.15, -0.1) is 0 Å². The third-order valence-corrected chi connectivity index (χ3v) is 8.06. The summed E-state index contributed by atoms with van der Waals surface area (Å²) in [5.41, 5.74) is 6.58. The summed E-state index contributed by atoms with van der Waals surface area (Å²) in [4.78, 5) is 38.5. The number of fused-ring (bicyclic) bond motifs is 1. The number of halogens is 3. The number of pyridine rings is 1. The number of amides is 2. The van der Waals surface area contributed by atoms with Gasteiger partial charge in [-0.2, -0.15) is 13.2 Å². The first-order valence-corrected chi connectivity index (χ1v) is 15.6. The molecule has 3 aromatic heterocycles. The van der Waals surface area contributed by atoms with Crippen LogP contribution < -0.4 is 21.7 Å². The third-order valence-electron chi connectivity index (χ3n) is 7.12. The second kappa shape index (κ2) is 12.2. The maximum atomic E-state index is 13.1. The van der Waals surface area contributed by atoms with Gasteiger partial charge < -0.3 is 21.7 Å². The van der Waals surface area contributed by atoms with Crippen LogP contribution in [0.2, 0.25) is 0 Å². The van der Waals surface area contributed by atoms with E-state index >= 15 is 0 Å². The molecule has 0 radical (unpaired) electrons. The van der Waals surface area contributed by atoms with E-state index in [9.17, 15) is 31.2 Å². The number of anilines is 2. The molecule has 5 rings (SSSR count). The summed E-state index contributed by atoms with van der Waals surface area (Å²) in [6.07, 6.45) is 1.90. The van der Waals surface area contributed by atoms with E-state index in [0.717, 1.165) is 37.6 Å². The van der Waals surface area contributed by atoms with Gasteiger partial charge in [0.1, 0.15) is 44.5 Å². The summed E-state index contributed by atoms with van der Waals surface area (Å²) < 4.78 is 65.5. The van der Waals surface area contributed by atoms with E-state index < -0.39 is 39.3 Å². The zero-order valence-electron chi connectivity index (χ0n) is 23.4. The molecular formula is C28H29F3N8O4S. The number of hydrogen-bond acceptors (Lipinski definition) is 9. The van der Waals surface area contributed by atoms with Crippen molar-refractivity contribution in [3.05, 3.63) is 71.9 Å². The summed E-state index contributed by atoms with van der Waals surface area (Å²) in [6.45, 7) is 1.28. The van der Waals surface area contributed by atoms with Gasteiger partial charge in [0.25, 0.3) is 5.91 Å². The Labute approximate surface area is 250 Å². The Bertz CT molecular complexity index is 1800. The monoisotopic (exact) mass is 630 g/mol. The summed E-state index contributed by atoms with van der Waals surface area (Å²) >= 11 is 0. The molecule has 0 saturated carbocycles. The molecule has 5 N–H and O–H groups in total. The van der Waals surface area contributed by atoms with Crippen LogP contribution in [0.3, 0.4) is 0 Å². The van der Waals surface area contributed by atoms with Crippen molar-refractivity contribution in [2.45, 2.75) is 25.1 Å². The predicted octanol–water partition coefficient (Wildman–Crippen LogP) is 2.85. The Morgan fingerprint density at radius 2 is 1.91 bits per heavy atom. The van der Waals surface area contributed by atoms with E-state index in [1.54, 1.807) is 22.7 Å². The topological polar surface area (TPSA) is 173 Å². The number of hydrogen-bond donors (Lipinski definition) is 4. The van der Waals surface area contributed by atoms with Crippen LogP contribution >= 0.6 is 0 Å². The quantitative estimate of drug-likeness (QED) is 0.228. The Hall–Kier alpha value is -4.57. The molecule has 1 fully saturated rings. The van der Waals surface area contributed by atoms with Crippen LogP contribution in [0.4, 0.5) is 24.8 Å². The number of nitrogens with zero attached hydrogens (tertiary/aromatic N) is 4. The molecule has 44 heavy (non-hydrogen) atoms. The molecule has 1 aliphatic rings. The number of aromatic nitrogens is 4. The largest absolute Gasteiger partial charge is 0.416 e. The number of nitrogens with two attached hydrogens (primary N) is 1. The highest BCUT2D eigenvalue weighted by Gasteiger charge is 2.32. The van der Waals surface area contributed by atoms with Crippen LogP contribution in [0.15, 0.2) is 55.0 Å². The molecule has 2 amide bonds. The van der Waals surface area contributed by atoms with E-state index in [2.05, 4.69) is 25.9 Å². The highest BCUT2D eigenvalue weighted by molar-refractivity contribution is 7.90. The molecule has 1 saturated heterocycles. The van der Waals surface area contributed by atoms with Crippen LogP contribution in [0, 0.1) is 5.92 Å². The normalized spacial score (nSPS) is 16.4. The van der Waals surface area contributed by atoms with Crippen LogP contribution in [0.5, 0.6) is 0 Å². The molecule has 4 heterocycles. The second-order valence-electron chi connectivity index (χ2n) is 10.5. The Morgan fingerprint density at radius 1 is 1.16 bits per heavy atom. The van der Waals surface area contributed by atoms with Crippen molar-refractivity contribution in [3.63, 3.8) is 0 Å². The highest BCUT2D eigenvalue weighted by atomic mass is 32.2. The molecule has 2 atom stereocenters. The number of carbonyl (C=O) groups excluding carboxylic acids is 2. The fourth-order valence-corrected chi connectivity index (χ4v) is 5.86. The zero-order chi connectivity index (χ0) is 31.6. The number of imidazole rings is 1. The average molecular weight is 631 g/mol. The number of sulfone groups is 1. The minimum atomic E-state index is -4.59. The van der Waals surface area contributed by atoms with Gasteiger partial charge in [-0.3, -0.25) is 14.0 Å². The smallest absolute Gasteiger partial charge is 0.382 e. The fourth-order valence-electron chi connectivity index (χ4n) is 5.03. The van der Waals surface area contributed by atoms with Gasteiger partial charge in [-0.25, -0.2) is 23.4 Å². The number of nitrogen functional groups attached to an aromatic ring is 1. The SMILES string of the molecule is CS(=O)(=O)CC(NC(=O)C1CCCNC1)c1nc(-c2ccc(C(=O)Nc3cc(C(F)(F)F)ccn3)cc2)c2c(N)nccn12. The summed E-state index contributed by atoms with van der Waals surface area (Å²) in [5.74, 6) is -1.66. The van der Waals surface area contributed by atoms with Gasteiger partial charge >= 0.3 is 6.18 Å². The number of carbonyl (C=O) groups is 2. The second-order valence-corrected chi connectivity index (χ2v) is 12.7. The van der Waals surface area contributed by atoms with Gasteiger partial charge in [-0.1, -0.05) is 12.1 Å². The first-order chi connectivity index (χ1) is 20.8. The van der Waals surface area contributed by atoms with Crippen molar-refractivity contribution in [1.29, 1.82) is 0 Å². The van der Waals surface area contributed by atoms with E-state index in [0.29, 0.717) is 29.7 Å². The molecule has 0 aliphatic carbocycles.